The van der Waals surface area contributed by atoms with Gasteiger partial charge in [-0.2, -0.15) is 0 Å². The molecule has 1 unspecified atom stereocenters. The summed E-state index contributed by atoms with van der Waals surface area (Å²) >= 11 is 12.0. The molecule has 0 spiro atoms. The lowest BCUT2D eigenvalue weighted by Crippen LogP contribution is -2.41. The maximum absolute atomic E-state index is 11.7. The number of hydrogen-bond donors (Lipinski definition) is 2. The molecule has 1 aromatic rings. The standard InChI is InChI=1S/C14H18Cl2O4S/c15-12-2-1-10(13(16)5-12)6-14(8-17,9-18)11-3-4-21(19,20)7-11/h1-2,5,11,17-18H,3-4,6-9H2. The summed E-state index contributed by atoms with van der Waals surface area (Å²) in [5.74, 6) is -0.170. The number of rotatable bonds is 5. The van der Waals surface area contributed by atoms with Gasteiger partial charge in [0.1, 0.15) is 0 Å². The molecular weight excluding hydrogens is 335 g/mol. The zero-order valence-corrected chi connectivity index (χ0v) is 13.8. The van der Waals surface area contributed by atoms with Crippen molar-refractivity contribution in [2.24, 2.45) is 11.3 Å². The van der Waals surface area contributed by atoms with Crippen molar-refractivity contribution >= 4 is 33.0 Å². The fourth-order valence-corrected chi connectivity index (χ4v) is 5.31. The Morgan fingerprint density at radius 1 is 1.24 bits per heavy atom. The van der Waals surface area contributed by atoms with Gasteiger partial charge in [-0.25, -0.2) is 8.42 Å². The quantitative estimate of drug-likeness (QED) is 0.849. The zero-order valence-electron chi connectivity index (χ0n) is 11.4. The largest absolute Gasteiger partial charge is 0.396 e. The van der Waals surface area contributed by atoms with Crippen molar-refractivity contribution in [2.75, 3.05) is 24.7 Å². The molecule has 2 rings (SSSR count). The highest BCUT2D eigenvalue weighted by Crippen LogP contribution is 2.40. The summed E-state index contributed by atoms with van der Waals surface area (Å²) < 4.78 is 23.4. The molecule has 0 aromatic heterocycles. The first-order valence-corrected chi connectivity index (χ1v) is 9.26. The van der Waals surface area contributed by atoms with Crippen LogP contribution in [0.15, 0.2) is 18.2 Å². The van der Waals surface area contributed by atoms with Gasteiger partial charge in [0.05, 0.1) is 24.7 Å². The van der Waals surface area contributed by atoms with Gasteiger partial charge < -0.3 is 10.2 Å². The highest BCUT2D eigenvalue weighted by Gasteiger charge is 2.44. The minimum Gasteiger partial charge on any atom is -0.396 e. The first kappa shape index (κ1) is 17.0. The number of aliphatic hydroxyl groups is 2. The second kappa shape index (κ2) is 6.42. The molecule has 1 aromatic carbocycles. The zero-order chi connectivity index (χ0) is 15.7. The molecule has 7 heteroatoms. The van der Waals surface area contributed by atoms with E-state index in [1.165, 1.54) is 0 Å². The number of halogens is 2. The summed E-state index contributed by atoms with van der Waals surface area (Å²) in [5, 5.41) is 20.5. The Bertz CT molecular complexity index is 611. The van der Waals surface area contributed by atoms with E-state index in [-0.39, 0.29) is 30.6 Å². The van der Waals surface area contributed by atoms with Crippen LogP contribution >= 0.6 is 23.2 Å². The fourth-order valence-electron chi connectivity index (χ4n) is 2.89. The van der Waals surface area contributed by atoms with E-state index in [0.717, 1.165) is 5.56 Å². The van der Waals surface area contributed by atoms with Crippen LogP contribution in [-0.2, 0) is 16.3 Å². The van der Waals surface area contributed by atoms with E-state index in [4.69, 9.17) is 23.2 Å². The van der Waals surface area contributed by atoms with Gasteiger partial charge in [0.15, 0.2) is 9.84 Å². The third kappa shape index (κ3) is 3.71. The molecule has 0 bridgehead atoms. The molecule has 0 amide bonds. The van der Waals surface area contributed by atoms with Gasteiger partial charge >= 0.3 is 0 Å². The minimum atomic E-state index is -3.08. The summed E-state index contributed by atoms with van der Waals surface area (Å²) in [7, 11) is -3.08. The normalized spacial score (nSPS) is 21.6. The van der Waals surface area contributed by atoms with Crippen LogP contribution in [-0.4, -0.2) is 43.4 Å². The second-order valence-electron chi connectivity index (χ2n) is 5.69. The third-order valence-electron chi connectivity index (χ3n) is 4.29. The monoisotopic (exact) mass is 352 g/mol. The van der Waals surface area contributed by atoms with Gasteiger partial charge in [0.25, 0.3) is 0 Å². The highest BCUT2D eigenvalue weighted by molar-refractivity contribution is 7.91. The average molecular weight is 353 g/mol. The molecule has 1 atom stereocenters. The van der Waals surface area contributed by atoms with Crippen molar-refractivity contribution in [3.05, 3.63) is 33.8 Å². The molecule has 118 valence electrons. The van der Waals surface area contributed by atoms with Crippen molar-refractivity contribution in [1.82, 2.24) is 0 Å². The Kier molecular flexibility index (Phi) is 5.21. The Hall–Kier alpha value is -0.330. The van der Waals surface area contributed by atoms with Crippen LogP contribution in [0.2, 0.25) is 10.0 Å². The number of benzene rings is 1. The van der Waals surface area contributed by atoms with Gasteiger partial charge in [0, 0.05) is 15.5 Å². The Labute approximate surface area is 134 Å². The molecule has 1 aliphatic rings. The van der Waals surface area contributed by atoms with Gasteiger partial charge in [-0.05, 0) is 36.5 Å². The summed E-state index contributed by atoms with van der Waals surface area (Å²) in [5.41, 5.74) is -0.144. The Balaban J connectivity index is 2.30. The molecule has 1 heterocycles. The van der Waals surface area contributed by atoms with E-state index in [9.17, 15) is 18.6 Å². The number of aliphatic hydroxyl groups excluding tert-OH is 2. The van der Waals surface area contributed by atoms with Crippen molar-refractivity contribution in [1.29, 1.82) is 0 Å². The molecule has 0 saturated carbocycles. The van der Waals surface area contributed by atoms with Crippen molar-refractivity contribution in [3.8, 4) is 0 Å². The fraction of sp³-hybridized carbons (Fsp3) is 0.571. The van der Waals surface area contributed by atoms with E-state index in [2.05, 4.69) is 0 Å². The van der Waals surface area contributed by atoms with Crippen LogP contribution in [0.1, 0.15) is 12.0 Å². The topological polar surface area (TPSA) is 74.6 Å². The lowest BCUT2D eigenvalue weighted by Gasteiger charge is -2.35. The minimum absolute atomic E-state index is 0.000666. The highest BCUT2D eigenvalue weighted by atomic mass is 35.5. The molecule has 4 nitrogen and oxygen atoms in total. The van der Waals surface area contributed by atoms with Crippen LogP contribution in [0, 0.1) is 11.3 Å². The van der Waals surface area contributed by atoms with Crippen molar-refractivity contribution in [2.45, 2.75) is 12.8 Å². The van der Waals surface area contributed by atoms with E-state index in [0.29, 0.717) is 22.9 Å². The van der Waals surface area contributed by atoms with Gasteiger partial charge in [-0.1, -0.05) is 29.3 Å². The first-order valence-electron chi connectivity index (χ1n) is 6.68. The molecule has 21 heavy (non-hydrogen) atoms. The van der Waals surface area contributed by atoms with E-state index >= 15 is 0 Å². The predicted octanol–water partition coefficient (Wildman–Crippen LogP) is 1.94. The molecule has 0 aliphatic carbocycles. The third-order valence-corrected chi connectivity index (χ3v) is 6.64. The summed E-state index contributed by atoms with van der Waals surface area (Å²) in [6.07, 6.45) is 0.769. The SMILES string of the molecule is O=S1(=O)CCC(C(CO)(CO)Cc2ccc(Cl)cc2Cl)C1. The maximum atomic E-state index is 11.7. The average Bonchev–Trinajstić information content (AvgIpc) is 2.79. The molecule has 2 N–H and O–H groups in total. The van der Waals surface area contributed by atoms with Crippen molar-refractivity contribution in [3.63, 3.8) is 0 Å². The molecule has 1 saturated heterocycles. The van der Waals surface area contributed by atoms with Crippen molar-refractivity contribution < 1.29 is 18.6 Å². The molecule has 1 fully saturated rings. The van der Waals surface area contributed by atoms with E-state index < -0.39 is 15.3 Å². The number of sulfone groups is 1. The van der Waals surface area contributed by atoms with Crippen LogP contribution < -0.4 is 0 Å². The summed E-state index contributed by atoms with van der Waals surface area (Å²) in [4.78, 5) is 0. The van der Waals surface area contributed by atoms with E-state index in [1.54, 1.807) is 18.2 Å². The smallest absolute Gasteiger partial charge is 0.150 e. The summed E-state index contributed by atoms with van der Waals surface area (Å²) in [6.45, 7) is -0.578. The molecular formula is C14H18Cl2O4S. The van der Waals surface area contributed by atoms with Gasteiger partial charge in [-0.3, -0.25) is 0 Å². The summed E-state index contributed by atoms with van der Waals surface area (Å²) in [6, 6.07) is 5.03. The lowest BCUT2D eigenvalue weighted by molar-refractivity contribution is 0.0125. The van der Waals surface area contributed by atoms with Crippen LogP contribution in [0.5, 0.6) is 0 Å². The maximum Gasteiger partial charge on any atom is 0.150 e. The van der Waals surface area contributed by atoms with E-state index in [1.807, 2.05) is 0 Å². The van der Waals surface area contributed by atoms with Crippen LogP contribution in [0.4, 0.5) is 0 Å². The second-order valence-corrected chi connectivity index (χ2v) is 8.76. The number of hydrogen-bond acceptors (Lipinski definition) is 4. The van der Waals surface area contributed by atoms with Gasteiger partial charge in [-0.15, -0.1) is 0 Å². The lowest BCUT2D eigenvalue weighted by atomic mass is 9.72. The molecule has 1 aliphatic heterocycles. The predicted molar refractivity (Wildman–Crippen MR) is 83.5 cm³/mol. The Morgan fingerprint density at radius 2 is 1.90 bits per heavy atom. The van der Waals surface area contributed by atoms with Crippen LogP contribution in [0.25, 0.3) is 0 Å². The van der Waals surface area contributed by atoms with Crippen LogP contribution in [0.3, 0.4) is 0 Å². The Morgan fingerprint density at radius 3 is 2.38 bits per heavy atom. The van der Waals surface area contributed by atoms with Gasteiger partial charge in [0.2, 0.25) is 0 Å². The molecule has 0 radical (unpaired) electrons. The first-order chi connectivity index (χ1) is 9.82.